The fourth-order valence-corrected chi connectivity index (χ4v) is 2.59. The van der Waals surface area contributed by atoms with Gasteiger partial charge in [0, 0.05) is 11.3 Å². The molecule has 0 aromatic carbocycles. The van der Waals surface area contributed by atoms with Crippen LogP contribution in [0.25, 0.3) is 0 Å². The summed E-state index contributed by atoms with van der Waals surface area (Å²) in [4.78, 5) is 11.5. The number of rotatable bonds is 5. The van der Waals surface area contributed by atoms with Crippen molar-refractivity contribution in [2.75, 3.05) is 12.9 Å². The summed E-state index contributed by atoms with van der Waals surface area (Å²) in [6.07, 6.45) is 5.69. The highest BCUT2D eigenvalue weighted by atomic mass is 32.2. The zero-order chi connectivity index (χ0) is 11.3. The Kier molecular flexibility index (Phi) is 5.47. The molecule has 0 aliphatic heterocycles. The predicted molar refractivity (Wildman–Crippen MR) is 64.2 cm³/mol. The fourth-order valence-electron chi connectivity index (χ4n) is 1.80. The van der Waals surface area contributed by atoms with E-state index in [1.54, 1.807) is 0 Å². The van der Waals surface area contributed by atoms with Crippen LogP contribution in [0, 0.1) is 0 Å². The van der Waals surface area contributed by atoms with Crippen LogP contribution in [0.4, 0.5) is 0 Å². The average molecular weight is 231 g/mol. The fraction of sp³-hybridized carbons (Fsp3) is 0.909. The first-order valence-corrected chi connectivity index (χ1v) is 6.84. The summed E-state index contributed by atoms with van der Waals surface area (Å²) in [6, 6.07) is 0.366. The van der Waals surface area contributed by atoms with Gasteiger partial charge in [-0.25, -0.2) is 0 Å². The minimum Gasteiger partial charge on any atom is -0.369 e. The number of carbonyl (C=O) groups excluding carboxylic acids is 1. The summed E-state index contributed by atoms with van der Waals surface area (Å²) in [5.41, 5.74) is 0. The standard InChI is InChI=1S/C11H21NO2S/c1-8(2)14-7-11(13)12-9-4-5-10(6-9)15-3/h8-10H,4-7H2,1-3H3,(H,12,13). The summed E-state index contributed by atoms with van der Waals surface area (Å²) in [6.45, 7) is 4.07. The van der Waals surface area contributed by atoms with Crippen molar-refractivity contribution in [2.45, 2.75) is 50.5 Å². The molecule has 4 heteroatoms. The molecule has 2 atom stereocenters. The molecule has 15 heavy (non-hydrogen) atoms. The van der Waals surface area contributed by atoms with Crippen molar-refractivity contribution in [3.63, 3.8) is 0 Å². The van der Waals surface area contributed by atoms with E-state index in [4.69, 9.17) is 4.74 Å². The number of nitrogens with one attached hydrogen (secondary N) is 1. The molecule has 1 aliphatic carbocycles. The van der Waals surface area contributed by atoms with Crippen molar-refractivity contribution in [1.29, 1.82) is 0 Å². The molecule has 1 fully saturated rings. The topological polar surface area (TPSA) is 38.3 Å². The van der Waals surface area contributed by atoms with Crippen LogP contribution in [0.2, 0.25) is 0 Å². The zero-order valence-corrected chi connectivity index (χ0v) is 10.6. The van der Waals surface area contributed by atoms with Crippen molar-refractivity contribution >= 4 is 17.7 Å². The van der Waals surface area contributed by atoms with Gasteiger partial charge in [0.15, 0.2) is 0 Å². The molecular weight excluding hydrogens is 210 g/mol. The van der Waals surface area contributed by atoms with Crippen LogP contribution in [-0.2, 0) is 9.53 Å². The van der Waals surface area contributed by atoms with Gasteiger partial charge in [-0.3, -0.25) is 4.79 Å². The number of hydrogen-bond donors (Lipinski definition) is 1. The second-order valence-electron chi connectivity index (χ2n) is 4.29. The summed E-state index contributed by atoms with van der Waals surface area (Å²) >= 11 is 1.90. The molecule has 2 unspecified atom stereocenters. The first-order valence-electron chi connectivity index (χ1n) is 5.55. The first kappa shape index (κ1) is 12.8. The molecule has 3 nitrogen and oxygen atoms in total. The summed E-state index contributed by atoms with van der Waals surface area (Å²) in [7, 11) is 0. The van der Waals surface area contributed by atoms with Gasteiger partial charge in [0.25, 0.3) is 0 Å². The van der Waals surface area contributed by atoms with E-state index in [0.717, 1.165) is 18.1 Å². The lowest BCUT2D eigenvalue weighted by molar-refractivity contribution is -0.127. The van der Waals surface area contributed by atoms with Crippen molar-refractivity contribution in [3.8, 4) is 0 Å². The zero-order valence-electron chi connectivity index (χ0n) is 9.79. The Morgan fingerprint density at radius 3 is 2.80 bits per heavy atom. The van der Waals surface area contributed by atoms with E-state index < -0.39 is 0 Å². The molecule has 1 amide bonds. The third-order valence-corrected chi connectivity index (χ3v) is 3.73. The Balaban J connectivity index is 2.16. The highest BCUT2D eigenvalue weighted by Crippen LogP contribution is 2.27. The smallest absolute Gasteiger partial charge is 0.246 e. The lowest BCUT2D eigenvalue weighted by Crippen LogP contribution is -2.36. The molecule has 0 heterocycles. The maximum atomic E-state index is 11.5. The molecule has 1 saturated carbocycles. The van der Waals surface area contributed by atoms with E-state index in [1.807, 2.05) is 25.6 Å². The van der Waals surface area contributed by atoms with Gasteiger partial charge in [0.2, 0.25) is 5.91 Å². The summed E-state index contributed by atoms with van der Waals surface area (Å²) in [5, 5.41) is 3.74. The first-order chi connectivity index (χ1) is 7.11. The maximum Gasteiger partial charge on any atom is 0.246 e. The van der Waals surface area contributed by atoms with Gasteiger partial charge in [-0.15, -0.1) is 0 Å². The van der Waals surface area contributed by atoms with E-state index in [2.05, 4.69) is 11.6 Å². The molecule has 0 spiro atoms. The number of ether oxygens (including phenoxy) is 1. The number of hydrogen-bond acceptors (Lipinski definition) is 3. The van der Waals surface area contributed by atoms with Crippen LogP contribution in [0.3, 0.4) is 0 Å². The summed E-state index contributed by atoms with van der Waals surface area (Å²) < 4.78 is 5.25. The number of amides is 1. The molecule has 0 saturated heterocycles. The molecule has 0 aromatic rings. The normalized spacial score (nSPS) is 25.9. The Morgan fingerprint density at radius 1 is 1.53 bits per heavy atom. The van der Waals surface area contributed by atoms with Crippen LogP contribution < -0.4 is 5.32 Å². The number of carbonyl (C=O) groups is 1. The van der Waals surface area contributed by atoms with E-state index in [1.165, 1.54) is 6.42 Å². The van der Waals surface area contributed by atoms with Gasteiger partial charge in [-0.2, -0.15) is 11.8 Å². The third-order valence-electron chi connectivity index (χ3n) is 2.63. The van der Waals surface area contributed by atoms with E-state index in [9.17, 15) is 4.79 Å². The highest BCUT2D eigenvalue weighted by Gasteiger charge is 2.24. The second kappa shape index (κ2) is 6.38. The van der Waals surface area contributed by atoms with Gasteiger partial charge < -0.3 is 10.1 Å². The van der Waals surface area contributed by atoms with E-state index in [-0.39, 0.29) is 18.6 Å². The Bertz CT molecular complexity index is 209. The molecule has 0 bridgehead atoms. The lowest BCUT2D eigenvalue weighted by atomic mass is 10.2. The highest BCUT2D eigenvalue weighted by molar-refractivity contribution is 7.99. The van der Waals surface area contributed by atoms with Gasteiger partial charge >= 0.3 is 0 Å². The van der Waals surface area contributed by atoms with Gasteiger partial charge in [0.1, 0.15) is 6.61 Å². The van der Waals surface area contributed by atoms with Gasteiger partial charge in [-0.1, -0.05) is 0 Å². The van der Waals surface area contributed by atoms with Crippen LogP contribution in [0.15, 0.2) is 0 Å². The average Bonchev–Trinajstić information content (AvgIpc) is 2.62. The van der Waals surface area contributed by atoms with Crippen molar-refractivity contribution in [1.82, 2.24) is 5.32 Å². The Labute approximate surface area is 96.3 Å². The Hall–Kier alpha value is -0.220. The molecule has 0 aromatic heterocycles. The Morgan fingerprint density at radius 2 is 2.27 bits per heavy atom. The van der Waals surface area contributed by atoms with Crippen molar-refractivity contribution < 1.29 is 9.53 Å². The largest absolute Gasteiger partial charge is 0.369 e. The summed E-state index contributed by atoms with van der Waals surface area (Å²) in [5.74, 6) is 0.0236. The quantitative estimate of drug-likeness (QED) is 0.784. The minimum atomic E-state index is 0.0236. The van der Waals surface area contributed by atoms with Crippen molar-refractivity contribution in [3.05, 3.63) is 0 Å². The number of thioether (sulfide) groups is 1. The third kappa shape index (κ3) is 4.89. The van der Waals surface area contributed by atoms with Gasteiger partial charge in [0.05, 0.1) is 6.10 Å². The molecule has 0 radical (unpaired) electrons. The van der Waals surface area contributed by atoms with E-state index >= 15 is 0 Å². The molecular formula is C11H21NO2S. The van der Waals surface area contributed by atoms with Crippen LogP contribution in [-0.4, -0.2) is 36.2 Å². The molecule has 88 valence electrons. The van der Waals surface area contributed by atoms with E-state index in [0.29, 0.717) is 6.04 Å². The maximum absolute atomic E-state index is 11.5. The second-order valence-corrected chi connectivity index (χ2v) is 5.43. The van der Waals surface area contributed by atoms with Crippen molar-refractivity contribution in [2.24, 2.45) is 0 Å². The van der Waals surface area contributed by atoms with Crippen LogP contribution in [0.1, 0.15) is 33.1 Å². The predicted octanol–water partition coefficient (Wildman–Crippen LogP) is 1.81. The molecule has 1 N–H and O–H groups in total. The van der Waals surface area contributed by atoms with Crippen LogP contribution >= 0.6 is 11.8 Å². The SMILES string of the molecule is CSC1CCC(NC(=O)COC(C)C)C1. The monoisotopic (exact) mass is 231 g/mol. The van der Waals surface area contributed by atoms with Crippen LogP contribution in [0.5, 0.6) is 0 Å². The molecule has 1 rings (SSSR count). The lowest BCUT2D eigenvalue weighted by Gasteiger charge is -2.13. The molecule has 1 aliphatic rings. The van der Waals surface area contributed by atoms with Gasteiger partial charge in [-0.05, 0) is 39.4 Å². The minimum absolute atomic E-state index is 0.0236.